The summed E-state index contributed by atoms with van der Waals surface area (Å²) in [6, 6.07) is 12.2. The molecule has 0 N–H and O–H groups in total. The van der Waals surface area contributed by atoms with E-state index in [0.29, 0.717) is 23.8 Å². The maximum absolute atomic E-state index is 13.6. The number of aromatic nitrogens is 1. The van der Waals surface area contributed by atoms with E-state index in [1.54, 1.807) is 33.5 Å². The molecular weight excluding hydrogens is 548 g/mol. The number of thiazole rings is 1. The van der Waals surface area contributed by atoms with Gasteiger partial charge in [0.25, 0.3) is 5.91 Å². The second-order valence-corrected chi connectivity index (χ2v) is 13.0. The number of hydrogen-bond donors (Lipinski definition) is 0. The number of benzene rings is 2. The lowest BCUT2D eigenvalue weighted by Gasteiger charge is -2.32. The number of anilines is 1. The van der Waals surface area contributed by atoms with Gasteiger partial charge in [0.1, 0.15) is 0 Å². The van der Waals surface area contributed by atoms with Crippen molar-refractivity contribution in [1.29, 1.82) is 0 Å². The number of hydrogen-bond acceptors (Lipinski definition) is 6. The fraction of sp³-hybridized carbons (Fsp3) is 0.440. The number of carbonyl (C=O) groups is 1. The third-order valence-electron chi connectivity index (χ3n) is 6.25. The Labute approximate surface area is 219 Å². The van der Waals surface area contributed by atoms with Crippen molar-refractivity contribution >= 4 is 58.5 Å². The van der Waals surface area contributed by atoms with Gasteiger partial charge in [-0.1, -0.05) is 33.7 Å². The normalized spacial score (nSPS) is 17.2. The van der Waals surface area contributed by atoms with Crippen molar-refractivity contribution in [3.8, 4) is 0 Å². The van der Waals surface area contributed by atoms with Crippen LogP contribution >= 0.6 is 27.3 Å². The molecule has 0 saturated carbocycles. The zero-order valence-corrected chi connectivity index (χ0v) is 23.5. The van der Waals surface area contributed by atoms with E-state index in [0.717, 1.165) is 46.9 Å². The van der Waals surface area contributed by atoms with E-state index in [2.05, 4.69) is 20.8 Å². The lowest BCUT2D eigenvalue weighted by atomic mass is 10.1. The summed E-state index contributed by atoms with van der Waals surface area (Å²) in [7, 11) is 0.424. The Hall–Kier alpha value is -1.85. The largest absolute Gasteiger partial charge is 0.309 e. The molecule has 0 radical (unpaired) electrons. The first-order valence-corrected chi connectivity index (χ1v) is 14.9. The van der Waals surface area contributed by atoms with Crippen molar-refractivity contribution < 1.29 is 13.2 Å². The molecule has 1 amide bonds. The lowest BCUT2D eigenvalue weighted by Crippen LogP contribution is -2.41. The molecule has 1 atom stereocenters. The number of fused-ring (bicyclic) bond motifs is 1. The van der Waals surface area contributed by atoms with Gasteiger partial charge in [-0.05, 0) is 89.3 Å². The van der Waals surface area contributed by atoms with Crippen LogP contribution in [0.4, 0.5) is 5.13 Å². The molecule has 0 unspecified atom stereocenters. The molecule has 1 saturated heterocycles. The predicted octanol–water partition coefficient (Wildman–Crippen LogP) is 5.22. The Balaban J connectivity index is 1.60. The molecule has 1 fully saturated rings. The summed E-state index contributed by atoms with van der Waals surface area (Å²) < 4.78 is 29.9. The zero-order chi connectivity index (χ0) is 25.2. The molecule has 1 aliphatic rings. The lowest BCUT2D eigenvalue weighted by molar-refractivity contribution is 0.0986. The number of piperidine rings is 1. The summed E-state index contributed by atoms with van der Waals surface area (Å²) in [6.45, 7) is 3.85. The molecule has 2 heterocycles. The van der Waals surface area contributed by atoms with Gasteiger partial charge in [0, 0.05) is 29.2 Å². The Morgan fingerprint density at radius 3 is 2.57 bits per heavy atom. The predicted molar refractivity (Wildman–Crippen MR) is 146 cm³/mol. The molecular formula is C25H31BrN4O3S2. The Bertz CT molecular complexity index is 1290. The second-order valence-electron chi connectivity index (χ2n) is 9.21. The van der Waals surface area contributed by atoms with Gasteiger partial charge < -0.3 is 4.90 Å². The van der Waals surface area contributed by atoms with Crippen LogP contribution < -0.4 is 4.90 Å². The van der Waals surface area contributed by atoms with E-state index < -0.39 is 10.0 Å². The van der Waals surface area contributed by atoms with Crippen LogP contribution in [0.1, 0.15) is 43.0 Å². The van der Waals surface area contributed by atoms with Gasteiger partial charge in [0.15, 0.2) is 5.13 Å². The summed E-state index contributed by atoms with van der Waals surface area (Å²) in [4.78, 5) is 22.3. The van der Waals surface area contributed by atoms with Gasteiger partial charge in [0.2, 0.25) is 10.0 Å². The Kier molecular flexibility index (Phi) is 8.27. The first-order valence-electron chi connectivity index (χ1n) is 11.8. The average Bonchev–Trinajstić information content (AvgIpc) is 3.24. The SMILES string of the molecule is C[C@@H]1CCCCN1S(=O)(=O)c1ccc(C(=O)N(CCCN(C)C)c2nc3ccc(Br)cc3s2)cc1. The van der Waals surface area contributed by atoms with E-state index in [9.17, 15) is 13.2 Å². The average molecular weight is 580 g/mol. The van der Waals surface area contributed by atoms with Gasteiger partial charge in [0.05, 0.1) is 15.1 Å². The van der Waals surface area contributed by atoms with Crippen LogP contribution in [-0.4, -0.2) is 68.3 Å². The Morgan fingerprint density at radius 1 is 1.14 bits per heavy atom. The highest BCUT2D eigenvalue weighted by Crippen LogP contribution is 2.32. The molecule has 1 aliphatic heterocycles. The molecule has 0 aliphatic carbocycles. The molecule has 35 heavy (non-hydrogen) atoms. The maximum atomic E-state index is 13.6. The van der Waals surface area contributed by atoms with Gasteiger partial charge in [-0.25, -0.2) is 13.4 Å². The molecule has 2 aromatic carbocycles. The van der Waals surface area contributed by atoms with Crippen LogP contribution in [0.5, 0.6) is 0 Å². The maximum Gasteiger partial charge on any atom is 0.260 e. The van der Waals surface area contributed by atoms with Crippen LogP contribution in [-0.2, 0) is 10.0 Å². The van der Waals surface area contributed by atoms with Crippen molar-refractivity contribution in [1.82, 2.24) is 14.2 Å². The highest BCUT2D eigenvalue weighted by atomic mass is 79.9. The highest BCUT2D eigenvalue weighted by Gasteiger charge is 2.31. The summed E-state index contributed by atoms with van der Waals surface area (Å²) in [5.74, 6) is -0.183. The highest BCUT2D eigenvalue weighted by molar-refractivity contribution is 9.10. The molecule has 0 bridgehead atoms. The summed E-state index contributed by atoms with van der Waals surface area (Å²) in [6.07, 6.45) is 3.59. The molecule has 4 rings (SSSR count). The van der Waals surface area contributed by atoms with Gasteiger partial charge in [-0.15, -0.1) is 0 Å². The number of rotatable bonds is 8. The molecule has 7 nitrogen and oxygen atoms in total. The number of sulfonamides is 1. The van der Waals surface area contributed by atoms with Crippen molar-refractivity contribution in [3.05, 3.63) is 52.5 Å². The van der Waals surface area contributed by atoms with Crippen LogP contribution in [0, 0.1) is 0 Å². The van der Waals surface area contributed by atoms with Crippen LogP contribution in [0.3, 0.4) is 0 Å². The minimum Gasteiger partial charge on any atom is -0.309 e. The van der Waals surface area contributed by atoms with Crippen molar-refractivity contribution in [3.63, 3.8) is 0 Å². The van der Waals surface area contributed by atoms with Crippen LogP contribution in [0.15, 0.2) is 51.8 Å². The number of nitrogens with zero attached hydrogens (tertiary/aromatic N) is 4. The topological polar surface area (TPSA) is 73.8 Å². The Morgan fingerprint density at radius 2 is 1.89 bits per heavy atom. The summed E-state index contributed by atoms with van der Waals surface area (Å²) in [5, 5.41) is 0.640. The molecule has 1 aromatic heterocycles. The monoisotopic (exact) mass is 578 g/mol. The van der Waals surface area contributed by atoms with E-state index in [1.165, 1.54) is 11.3 Å². The minimum absolute atomic E-state index is 0.0127. The van der Waals surface area contributed by atoms with Crippen LogP contribution in [0.2, 0.25) is 0 Å². The fourth-order valence-corrected chi connectivity index (χ4v) is 7.56. The fourth-order valence-electron chi connectivity index (χ4n) is 4.32. The van der Waals surface area contributed by atoms with Gasteiger partial charge in [-0.2, -0.15) is 4.31 Å². The third-order valence-corrected chi connectivity index (χ3v) is 9.81. The van der Waals surface area contributed by atoms with E-state index >= 15 is 0 Å². The first-order chi connectivity index (χ1) is 16.7. The van der Waals surface area contributed by atoms with E-state index in [4.69, 9.17) is 4.98 Å². The number of halogens is 1. The molecule has 3 aromatic rings. The molecule has 0 spiro atoms. The van der Waals surface area contributed by atoms with Crippen molar-refractivity contribution in [2.45, 2.75) is 43.5 Å². The van der Waals surface area contributed by atoms with E-state index in [1.807, 2.05) is 39.2 Å². The van der Waals surface area contributed by atoms with Crippen molar-refractivity contribution in [2.24, 2.45) is 0 Å². The van der Waals surface area contributed by atoms with Crippen molar-refractivity contribution in [2.75, 3.05) is 38.6 Å². The number of carbonyl (C=O) groups excluding carboxylic acids is 1. The molecule has 188 valence electrons. The standard InChI is InChI=1S/C25H31BrN4O3S2/c1-18-7-4-5-16-30(18)35(32,33)21-11-8-19(9-12-21)24(31)29(15-6-14-28(2)3)25-27-22-13-10-20(26)17-23(22)34-25/h8-13,17-18H,4-7,14-16H2,1-3H3/t18-/m1/s1. The quantitative estimate of drug-likeness (QED) is 0.366. The van der Waals surface area contributed by atoms with Crippen LogP contribution in [0.25, 0.3) is 10.2 Å². The first kappa shape index (κ1) is 26.2. The van der Waals surface area contributed by atoms with Gasteiger partial charge in [-0.3, -0.25) is 9.69 Å². The zero-order valence-electron chi connectivity index (χ0n) is 20.3. The third kappa shape index (κ3) is 5.94. The van der Waals surface area contributed by atoms with E-state index in [-0.39, 0.29) is 16.8 Å². The minimum atomic E-state index is -3.58. The smallest absolute Gasteiger partial charge is 0.260 e. The van der Waals surface area contributed by atoms with Gasteiger partial charge >= 0.3 is 0 Å². The summed E-state index contributed by atoms with van der Waals surface area (Å²) >= 11 is 4.97. The number of amides is 1. The molecule has 10 heteroatoms. The summed E-state index contributed by atoms with van der Waals surface area (Å²) in [5.41, 5.74) is 1.29. The second kappa shape index (κ2) is 11.0.